The summed E-state index contributed by atoms with van der Waals surface area (Å²) in [5, 5.41) is 0.495. The van der Waals surface area contributed by atoms with E-state index in [2.05, 4.69) is 11.9 Å². The van der Waals surface area contributed by atoms with Crippen molar-refractivity contribution in [3.8, 4) is 0 Å². The molecule has 98 valence electrons. The molecule has 1 heterocycles. The highest BCUT2D eigenvalue weighted by atomic mass is 35.5. The predicted octanol–water partition coefficient (Wildman–Crippen LogP) is 4.32. The van der Waals surface area contributed by atoms with Crippen molar-refractivity contribution in [3.63, 3.8) is 0 Å². The summed E-state index contributed by atoms with van der Waals surface area (Å²) in [5.41, 5.74) is 1.43. The number of hydrogen-bond donors (Lipinski definition) is 0. The minimum Gasteiger partial charge on any atom is -0.326 e. The van der Waals surface area contributed by atoms with Gasteiger partial charge in [-0.2, -0.15) is 11.8 Å². The molecule has 0 aliphatic rings. The van der Waals surface area contributed by atoms with Crippen LogP contribution in [-0.4, -0.2) is 21.1 Å². The Kier molecular flexibility index (Phi) is 4.41. The van der Waals surface area contributed by atoms with Crippen LogP contribution in [0.15, 0.2) is 12.1 Å². The molecule has 1 unspecified atom stereocenters. The monoisotopic (exact) mass is 306 g/mol. The highest BCUT2D eigenvalue weighted by molar-refractivity contribution is 7.99. The molecule has 0 fully saturated rings. The lowest BCUT2D eigenvalue weighted by atomic mass is 10.3. The second-order valence-electron chi connectivity index (χ2n) is 4.07. The van der Waals surface area contributed by atoms with Crippen LogP contribution in [0.4, 0.5) is 4.39 Å². The number of fused-ring (bicyclic) bond motifs is 1. The molecule has 2 aromatic rings. The van der Waals surface area contributed by atoms with Gasteiger partial charge < -0.3 is 4.57 Å². The maximum absolute atomic E-state index is 13.5. The van der Waals surface area contributed by atoms with Crippen molar-refractivity contribution in [1.29, 1.82) is 0 Å². The Hall–Kier alpha value is -0.450. The normalized spacial score (nSPS) is 13.2. The molecule has 1 aromatic carbocycles. The first-order valence-electron chi connectivity index (χ1n) is 5.49. The van der Waals surface area contributed by atoms with Crippen LogP contribution >= 0.6 is 35.0 Å². The molecule has 0 saturated carbocycles. The number of halogens is 3. The standard InChI is InChI=1S/C12H13Cl2FN2S/c1-7(18-2)6-17-11-4-9(15)8(14)3-10(11)16-12(17)5-13/h3-4,7H,5-6H2,1-2H3. The molecular weight excluding hydrogens is 294 g/mol. The first-order chi connectivity index (χ1) is 8.56. The second kappa shape index (κ2) is 5.68. The van der Waals surface area contributed by atoms with Crippen molar-refractivity contribution < 1.29 is 4.39 Å². The summed E-state index contributed by atoms with van der Waals surface area (Å²) in [6, 6.07) is 2.97. The molecule has 0 aliphatic heterocycles. The van der Waals surface area contributed by atoms with Crippen molar-refractivity contribution in [2.45, 2.75) is 24.6 Å². The minimum absolute atomic E-state index is 0.0891. The zero-order valence-electron chi connectivity index (χ0n) is 10.1. The van der Waals surface area contributed by atoms with Gasteiger partial charge in [0.05, 0.1) is 21.9 Å². The lowest BCUT2D eigenvalue weighted by molar-refractivity contribution is 0.627. The summed E-state index contributed by atoms with van der Waals surface area (Å²) in [4.78, 5) is 4.39. The van der Waals surface area contributed by atoms with E-state index in [1.54, 1.807) is 17.8 Å². The first kappa shape index (κ1) is 14.0. The Morgan fingerprint density at radius 2 is 2.22 bits per heavy atom. The van der Waals surface area contributed by atoms with Gasteiger partial charge in [-0.3, -0.25) is 0 Å². The van der Waals surface area contributed by atoms with Crippen LogP contribution < -0.4 is 0 Å². The Balaban J connectivity index is 2.57. The van der Waals surface area contributed by atoms with E-state index in [0.717, 1.165) is 17.9 Å². The van der Waals surface area contributed by atoms with Crippen LogP contribution in [0.2, 0.25) is 5.02 Å². The zero-order valence-corrected chi connectivity index (χ0v) is 12.4. The minimum atomic E-state index is -0.428. The smallest absolute Gasteiger partial charge is 0.144 e. The predicted molar refractivity (Wildman–Crippen MR) is 77.2 cm³/mol. The van der Waals surface area contributed by atoms with Crippen LogP contribution in [0, 0.1) is 5.82 Å². The highest BCUT2D eigenvalue weighted by Crippen LogP contribution is 2.25. The van der Waals surface area contributed by atoms with E-state index in [4.69, 9.17) is 23.2 Å². The SMILES string of the molecule is CSC(C)Cn1c(CCl)nc2cc(Cl)c(F)cc21. The summed E-state index contributed by atoms with van der Waals surface area (Å²) in [5.74, 6) is 0.618. The maximum Gasteiger partial charge on any atom is 0.144 e. The average molecular weight is 307 g/mol. The van der Waals surface area contributed by atoms with Crippen LogP contribution in [0.1, 0.15) is 12.7 Å². The molecular formula is C12H13Cl2FN2S. The number of imidazole rings is 1. The van der Waals surface area contributed by atoms with Gasteiger partial charge in [-0.25, -0.2) is 9.37 Å². The molecule has 18 heavy (non-hydrogen) atoms. The average Bonchev–Trinajstić information content (AvgIpc) is 2.67. The van der Waals surface area contributed by atoms with Crippen LogP contribution in [0.25, 0.3) is 11.0 Å². The van der Waals surface area contributed by atoms with Crippen molar-refractivity contribution in [3.05, 3.63) is 28.8 Å². The van der Waals surface area contributed by atoms with E-state index < -0.39 is 5.82 Å². The van der Waals surface area contributed by atoms with Crippen molar-refractivity contribution in [2.75, 3.05) is 6.26 Å². The number of rotatable bonds is 4. The molecule has 0 radical (unpaired) electrons. The highest BCUT2D eigenvalue weighted by Gasteiger charge is 2.14. The van der Waals surface area contributed by atoms with E-state index in [-0.39, 0.29) is 5.02 Å². The molecule has 0 N–H and O–H groups in total. The zero-order chi connectivity index (χ0) is 13.3. The van der Waals surface area contributed by atoms with E-state index >= 15 is 0 Å². The van der Waals surface area contributed by atoms with E-state index in [1.807, 2.05) is 10.8 Å². The molecule has 1 atom stereocenters. The number of nitrogens with zero attached hydrogens (tertiary/aromatic N) is 2. The lowest BCUT2D eigenvalue weighted by Crippen LogP contribution is -2.11. The number of benzene rings is 1. The number of hydrogen-bond acceptors (Lipinski definition) is 2. The topological polar surface area (TPSA) is 17.8 Å². The summed E-state index contributed by atoms with van der Waals surface area (Å²) in [7, 11) is 0. The third-order valence-electron chi connectivity index (χ3n) is 2.83. The van der Waals surface area contributed by atoms with Gasteiger partial charge in [-0.05, 0) is 12.3 Å². The number of aromatic nitrogens is 2. The molecule has 2 rings (SSSR count). The third kappa shape index (κ3) is 2.60. The summed E-state index contributed by atoms with van der Waals surface area (Å²) in [6.07, 6.45) is 2.04. The van der Waals surface area contributed by atoms with Gasteiger partial charge in [0.15, 0.2) is 0 Å². The molecule has 2 nitrogen and oxygen atoms in total. The Labute approximate surface area is 119 Å². The van der Waals surface area contributed by atoms with Crippen LogP contribution in [-0.2, 0) is 12.4 Å². The van der Waals surface area contributed by atoms with Gasteiger partial charge in [0.2, 0.25) is 0 Å². The Morgan fingerprint density at radius 1 is 1.50 bits per heavy atom. The molecule has 0 aliphatic carbocycles. The Bertz CT molecular complexity index is 571. The van der Waals surface area contributed by atoms with Crippen molar-refractivity contribution >= 4 is 46.0 Å². The molecule has 0 spiro atoms. The quantitative estimate of drug-likeness (QED) is 0.783. The molecule has 0 amide bonds. The lowest BCUT2D eigenvalue weighted by Gasteiger charge is -2.12. The van der Waals surface area contributed by atoms with Gasteiger partial charge in [0, 0.05) is 17.9 Å². The van der Waals surface area contributed by atoms with Gasteiger partial charge in [0.25, 0.3) is 0 Å². The summed E-state index contributed by atoms with van der Waals surface area (Å²) < 4.78 is 15.5. The second-order valence-corrected chi connectivity index (χ2v) is 6.02. The largest absolute Gasteiger partial charge is 0.326 e. The third-order valence-corrected chi connectivity index (χ3v) is 4.31. The molecule has 6 heteroatoms. The molecule has 0 bridgehead atoms. The fraction of sp³-hybridized carbons (Fsp3) is 0.417. The molecule has 1 aromatic heterocycles. The summed E-state index contributed by atoms with van der Waals surface area (Å²) >= 11 is 13.4. The molecule has 0 saturated heterocycles. The maximum atomic E-state index is 13.5. The van der Waals surface area contributed by atoms with E-state index in [0.29, 0.717) is 16.6 Å². The Morgan fingerprint density at radius 3 is 2.83 bits per heavy atom. The van der Waals surface area contributed by atoms with Crippen LogP contribution in [0.3, 0.4) is 0 Å². The fourth-order valence-electron chi connectivity index (χ4n) is 1.81. The fourth-order valence-corrected chi connectivity index (χ4v) is 2.47. The van der Waals surface area contributed by atoms with Gasteiger partial charge >= 0.3 is 0 Å². The first-order valence-corrected chi connectivity index (χ1v) is 7.69. The van der Waals surface area contributed by atoms with E-state index in [1.165, 1.54) is 6.07 Å². The summed E-state index contributed by atoms with van der Waals surface area (Å²) in [6.45, 7) is 2.86. The van der Waals surface area contributed by atoms with Gasteiger partial charge in [-0.1, -0.05) is 18.5 Å². The number of alkyl halides is 1. The van der Waals surface area contributed by atoms with Crippen molar-refractivity contribution in [2.24, 2.45) is 0 Å². The number of thioether (sulfide) groups is 1. The van der Waals surface area contributed by atoms with Crippen LogP contribution in [0.5, 0.6) is 0 Å². The van der Waals surface area contributed by atoms with Gasteiger partial charge in [0.1, 0.15) is 11.6 Å². The van der Waals surface area contributed by atoms with Gasteiger partial charge in [-0.15, -0.1) is 11.6 Å². The van der Waals surface area contributed by atoms with Crippen molar-refractivity contribution in [1.82, 2.24) is 9.55 Å². The van der Waals surface area contributed by atoms with E-state index in [9.17, 15) is 4.39 Å².